The predicted octanol–water partition coefficient (Wildman–Crippen LogP) is 2.75. The molecule has 0 aromatic rings. The molecule has 2 atom stereocenters. The topological polar surface area (TPSA) is 26.3 Å². The van der Waals surface area contributed by atoms with Crippen molar-refractivity contribution in [2.45, 2.75) is 32.6 Å². The van der Waals surface area contributed by atoms with Crippen LogP contribution in [0.5, 0.6) is 0 Å². The zero-order valence-electron chi connectivity index (χ0n) is 8.09. The Labute approximate surface area is 88.2 Å². The van der Waals surface area contributed by atoms with Gasteiger partial charge in [0.25, 0.3) is 0 Å². The molecule has 1 fully saturated rings. The summed E-state index contributed by atoms with van der Waals surface area (Å²) in [4.78, 5) is 11.4. The number of hydrogen-bond acceptors (Lipinski definition) is 2. The molecule has 0 aromatic carbocycles. The summed E-state index contributed by atoms with van der Waals surface area (Å²) in [5.74, 6) is 0.840. The standard InChI is InChI=1S/C10H17BrO2/c1-2-13-10(12)9-5-3-4-8(6-9)7-11/h8-9H,2-7H2,1H3/t8-,9+/m0/s1. The first-order chi connectivity index (χ1) is 6.27. The molecule has 3 heteroatoms. The Morgan fingerprint density at radius 3 is 2.92 bits per heavy atom. The highest BCUT2D eigenvalue weighted by molar-refractivity contribution is 9.09. The fraction of sp³-hybridized carbons (Fsp3) is 0.900. The van der Waals surface area contributed by atoms with Gasteiger partial charge in [-0.25, -0.2) is 0 Å². The number of hydrogen-bond donors (Lipinski definition) is 0. The summed E-state index contributed by atoms with van der Waals surface area (Å²) in [7, 11) is 0. The lowest BCUT2D eigenvalue weighted by atomic mass is 9.82. The monoisotopic (exact) mass is 248 g/mol. The summed E-state index contributed by atoms with van der Waals surface area (Å²) in [6.07, 6.45) is 4.44. The minimum absolute atomic E-state index is 0.00755. The summed E-state index contributed by atoms with van der Waals surface area (Å²) in [5.41, 5.74) is 0. The summed E-state index contributed by atoms with van der Waals surface area (Å²) in [5, 5.41) is 1.02. The van der Waals surface area contributed by atoms with Gasteiger partial charge in [0.1, 0.15) is 0 Å². The van der Waals surface area contributed by atoms with Gasteiger partial charge >= 0.3 is 5.97 Å². The average molecular weight is 249 g/mol. The molecule has 1 aliphatic rings. The molecule has 13 heavy (non-hydrogen) atoms. The van der Waals surface area contributed by atoms with E-state index in [0.717, 1.165) is 18.2 Å². The maximum atomic E-state index is 11.4. The van der Waals surface area contributed by atoms with E-state index >= 15 is 0 Å². The van der Waals surface area contributed by atoms with Gasteiger partial charge < -0.3 is 4.74 Å². The van der Waals surface area contributed by atoms with Crippen LogP contribution in [-0.4, -0.2) is 17.9 Å². The van der Waals surface area contributed by atoms with Crippen LogP contribution in [0.3, 0.4) is 0 Å². The second kappa shape index (κ2) is 5.63. The molecule has 0 spiro atoms. The molecule has 0 radical (unpaired) electrons. The van der Waals surface area contributed by atoms with Gasteiger partial charge in [-0.05, 0) is 32.1 Å². The van der Waals surface area contributed by atoms with Crippen LogP contribution in [0.1, 0.15) is 32.6 Å². The molecule has 0 aromatic heterocycles. The second-order valence-electron chi connectivity index (χ2n) is 3.64. The number of esters is 1. The summed E-state index contributed by atoms with van der Waals surface area (Å²) < 4.78 is 5.02. The van der Waals surface area contributed by atoms with Crippen LogP contribution in [0.2, 0.25) is 0 Å². The largest absolute Gasteiger partial charge is 0.466 e. The molecule has 1 saturated carbocycles. The maximum absolute atomic E-state index is 11.4. The highest BCUT2D eigenvalue weighted by Gasteiger charge is 2.27. The zero-order chi connectivity index (χ0) is 9.68. The molecule has 1 rings (SSSR count). The number of carbonyl (C=O) groups is 1. The number of halogens is 1. The van der Waals surface area contributed by atoms with E-state index in [1.54, 1.807) is 0 Å². The van der Waals surface area contributed by atoms with Crippen molar-refractivity contribution in [2.24, 2.45) is 11.8 Å². The van der Waals surface area contributed by atoms with Crippen LogP contribution < -0.4 is 0 Å². The van der Waals surface area contributed by atoms with E-state index in [9.17, 15) is 4.79 Å². The predicted molar refractivity (Wildman–Crippen MR) is 55.9 cm³/mol. The van der Waals surface area contributed by atoms with Gasteiger partial charge in [0.15, 0.2) is 0 Å². The third-order valence-corrected chi connectivity index (χ3v) is 3.54. The van der Waals surface area contributed by atoms with Gasteiger partial charge in [-0.15, -0.1) is 0 Å². The van der Waals surface area contributed by atoms with E-state index in [-0.39, 0.29) is 11.9 Å². The Bertz CT molecular complexity index is 170. The molecular weight excluding hydrogens is 232 g/mol. The minimum atomic E-state index is 0.00755. The highest BCUT2D eigenvalue weighted by atomic mass is 79.9. The summed E-state index contributed by atoms with van der Waals surface area (Å²) in [6, 6.07) is 0. The third kappa shape index (κ3) is 3.29. The lowest BCUT2D eigenvalue weighted by Gasteiger charge is -2.26. The van der Waals surface area contributed by atoms with E-state index < -0.39 is 0 Å². The quantitative estimate of drug-likeness (QED) is 0.567. The molecule has 0 N–H and O–H groups in total. The van der Waals surface area contributed by atoms with Crippen molar-refractivity contribution in [3.8, 4) is 0 Å². The molecule has 0 saturated heterocycles. The van der Waals surface area contributed by atoms with Crippen molar-refractivity contribution in [2.75, 3.05) is 11.9 Å². The SMILES string of the molecule is CCOC(=O)[C@@H]1CCC[C@H](CBr)C1. The van der Waals surface area contributed by atoms with Gasteiger partial charge in [0.2, 0.25) is 0 Å². The molecule has 0 unspecified atom stereocenters. The van der Waals surface area contributed by atoms with Crippen molar-refractivity contribution in [1.82, 2.24) is 0 Å². The van der Waals surface area contributed by atoms with Crippen molar-refractivity contribution >= 4 is 21.9 Å². The van der Waals surface area contributed by atoms with E-state index in [0.29, 0.717) is 12.5 Å². The van der Waals surface area contributed by atoms with E-state index in [4.69, 9.17) is 4.74 Å². The highest BCUT2D eigenvalue weighted by Crippen LogP contribution is 2.30. The fourth-order valence-corrected chi connectivity index (χ4v) is 2.49. The molecule has 0 heterocycles. The lowest BCUT2D eigenvalue weighted by molar-refractivity contribution is -0.149. The first kappa shape index (κ1) is 11.0. The van der Waals surface area contributed by atoms with Crippen LogP contribution in [0.25, 0.3) is 0 Å². The van der Waals surface area contributed by atoms with Gasteiger partial charge in [0, 0.05) is 5.33 Å². The van der Waals surface area contributed by atoms with Crippen LogP contribution >= 0.6 is 15.9 Å². The molecule has 2 nitrogen and oxygen atoms in total. The molecule has 76 valence electrons. The van der Waals surface area contributed by atoms with Crippen molar-refractivity contribution < 1.29 is 9.53 Å². The Kier molecular flexibility index (Phi) is 4.78. The van der Waals surface area contributed by atoms with Gasteiger partial charge in [-0.1, -0.05) is 22.4 Å². The molecule has 1 aliphatic carbocycles. The Hall–Kier alpha value is -0.0500. The maximum Gasteiger partial charge on any atom is 0.308 e. The number of ether oxygens (including phenoxy) is 1. The Morgan fingerprint density at radius 1 is 1.54 bits per heavy atom. The molecule has 0 bridgehead atoms. The first-order valence-electron chi connectivity index (χ1n) is 5.00. The molecule has 0 amide bonds. The van der Waals surface area contributed by atoms with Gasteiger partial charge in [0.05, 0.1) is 12.5 Å². The van der Waals surface area contributed by atoms with E-state index in [2.05, 4.69) is 15.9 Å². The zero-order valence-corrected chi connectivity index (χ0v) is 9.68. The molecule has 0 aliphatic heterocycles. The van der Waals surface area contributed by atoms with Crippen molar-refractivity contribution in [1.29, 1.82) is 0 Å². The number of carbonyl (C=O) groups excluding carboxylic acids is 1. The summed E-state index contributed by atoms with van der Waals surface area (Å²) >= 11 is 3.47. The number of alkyl halides is 1. The van der Waals surface area contributed by atoms with E-state index in [1.807, 2.05) is 6.92 Å². The summed E-state index contributed by atoms with van der Waals surface area (Å²) in [6.45, 7) is 2.37. The third-order valence-electron chi connectivity index (χ3n) is 2.62. The fourth-order valence-electron chi connectivity index (χ4n) is 1.91. The molecular formula is C10H17BrO2. The van der Waals surface area contributed by atoms with Crippen molar-refractivity contribution in [3.63, 3.8) is 0 Å². The van der Waals surface area contributed by atoms with Gasteiger partial charge in [-0.3, -0.25) is 4.79 Å². The van der Waals surface area contributed by atoms with Crippen LogP contribution in [0.15, 0.2) is 0 Å². The number of rotatable bonds is 3. The van der Waals surface area contributed by atoms with Crippen molar-refractivity contribution in [3.05, 3.63) is 0 Å². The normalized spacial score (nSPS) is 28.5. The van der Waals surface area contributed by atoms with Gasteiger partial charge in [-0.2, -0.15) is 0 Å². The Morgan fingerprint density at radius 2 is 2.31 bits per heavy atom. The van der Waals surface area contributed by atoms with Crippen LogP contribution in [0.4, 0.5) is 0 Å². The lowest BCUT2D eigenvalue weighted by Crippen LogP contribution is -2.25. The minimum Gasteiger partial charge on any atom is -0.466 e. The Balaban J connectivity index is 2.37. The van der Waals surface area contributed by atoms with Crippen LogP contribution in [-0.2, 0) is 9.53 Å². The second-order valence-corrected chi connectivity index (χ2v) is 4.28. The first-order valence-corrected chi connectivity index (χ1v) is 6.12. The van der Waals surface area contributed by atoms with Crippen LogP contribution in [0, 0.1) is 11.8 Å². The van der Waals surface area contributed by atoms with E-state index in [1.165, 1.54) is 12.8 Å². The average Bonchev–Trinajstić information content (AvgIpc) is 2.18. The smallest absolute Gasteiger partial charge is 0.308 e.